The summed E-state index contributed by atoms with van der Waals surface area (Å²) in [5.74, 6) is 0. The lowest BCUT2D eigenvalue weighted by molar-refractivity contribution is -0.528. The fourth-order valence-electron chi connectivity index (χ4n) is 1.14. The monoisotopic (exact) mass is 202 g/mol. The average molecular weight is 202 g/mol. The summed E-state index contributed by atoms with van der Waals surface area (Å²) in [6.07, 6.45) is 2.79. The van der Waals surface area contributed by atoms with E-state index < -0.39 is 10.3 Å². The van der Waals surface area contributed by atoms with E-state index in [1.54, 1.807) is 18.2 Å². The molecule has 13 heavy (non-hydrogen) atoms. The van der Waals surface area contributed by atoms with Gasteiger partial charge < -0.3 is 0 Å². The molecular formula is C8H12NO3S+. The summed E-state index contributed by atoms with van der Waals surface area (Å²) in [6.45, 7) is 1.95. The zero-order valence-corrected chi connectivity index (χ0v) is 8.16. The molecule has 1 aromatic rings. The molecule has 0 radical (unpaired) electrons. The molecule has 0 spiro atoms. The van der Waals surface area contributed by atoms with E-state index in [1.807, 2.05) is 6.92 Å². The number of rotatable bonds is 3. The van der Waals surface area contributed by atoms with Gasteiger partial charge in [0.05, 0.1) is 0 Å². The molecule has 1 heterocycles. The Morgan fingerprint density at radius 1 is 1.46 bits per heavy atom. The average Bonchev–Trinajstić information content (AvgIpc) is 2.04. The largest absolute Gasteiger partial charge is 0.511 e. The van der Waals surface area contributed by atoms with E-state index in [9.17, 15) is 8.42 Å². The molecule has 0 aliphatic heterocycles. The number of nitrogens with zero attached hydrogens (tertiary/aromatic N) is 1. The smallest absolute Gasteiger partial charge is 0.233 e. The molecule has 0 aliphatic rings. The van der Waals surface area contributed by atoms with Crippen molar-refractivity contribution in [2.45, 2.75) is 19.8 Å². The summed E-state index contributed by atoms with van der Waals surface area (Å²) in [5.41, 5.74) is 0.590. The topological polar surface area (TPSA) is 58.2 Å². The number of hydrogen-bond acceptors (Lipinski definition) is 2. The summed E-state index contributed by atoms with van der Waals surface area (Å²) >= 11 is 0. The first kappa shape index (κ1) is 10.1. The molecular weight excluding hydrogens is 190 g/mol. The fourth-order valence-corrected chi connectivity index (χ4v) is 1.81. The normalized spacial score (nSPS) is 11.5. The van der Waals surface area contributed by atoms with Crippen molar-refractivity contribution in [2.75, 3.05) is 0 Å². The van der Waals surface area contributed by atoms with E-state index in [4.69, 9.17) is 4.55 Å². The van der Waals surface area contributed by atoms with E-state index in [0.717, 1.165) is 10.4 Å². The Labute approximate surface area is 77.7 Å². The van der Waals surface area contributed by atoms with Gasteiger partial charge in [-0.05, 0) is 6.42 Å². The molecule has 0 aliphatic carbocycles. The fraction of sp³-hybridized carbons (Fsp3) is 0.375. The lowest BCUT2D eigenvalue weighted by Crippen LogP contribution is -2.45. The van der Waals surface area contributed by atoms with Gasteiger partial charge in [0.25, 0.3) is 0 Å². The third-order valence-corrected chi connectivity index (χ3v) is 2.51. The van der Waals surface area contributed by atoms with Crippen molar-refractivity contribution in [1.82, 2.24) is 0 Å². The Kier molecular flexibility index (Phi) is 3.00. The van der Waals surface area contributed by atoms with Crippen molar-refractivity contribution in [3.8, 4) is 0 Å². The first-order valence-corrected chi connectivity index (χ1v) is 5.43. The third kappa shape index (κ3) is 2.50. The van der Waals surface area contributed by atoms with Crippen molar-refractivity contribution in [1.29, 1.82) is 0 Å². The van der Waals surface area contributed by atoms with Crippen LogP contribution in [0.5, 0.6) is 0 Å². The van der Waals surface area contributed by atoms with Crippen molar-refractivity contribution < 1.29 is 16.9 Å². The summed E-state index contributed by atoms with van der Waals surface area (Å²) < 4.78 is 31.4. The maximum absolute atomic E-state index is 10.8. The van der Waals surface area contributed by atoms with Crippen LogP contribution in [0.3, 0.4) is 0 Å². The second kappa shape index (κ2) is 3.85. The van der Waals surface area contributed by atoms with Crippen LogP contribution in [0.1, 0.15) is 19.0 Å². The van der Waals surface area contributed by atoms with Crippen molar-refractivity contribution in [3.63, 3.8) is 0 Å². The summed E-state index contributed by atoms with van der Waals surface area (Å²) in [4.78, 5) is 0. The minimum absolute atomic E-state index is 0.590. The van der Waals surface area contributed by atoms with Gasteiger partial charge in [-0.25, -0.2) is 4.55 Å². The number of aromatic nitrogens is 1. The Bertz CT molecular complexity index is 386. The standard InChI is InChI=1S/C8H11NO3S/c1-2-5-8-6-3-4-7-9(8)13(10,11)12/h3-4,6-7H,2,5H2,1H3/p+1. The molecule has 0 aromatic carbocycles. The summed E-state index contributed by atoms with van der Waals surface area (Å²) in [5, 5.41) is 0. The van der Waals surface area contributed by atoms with Gasteiger partial charge >= 0.3 is 10.3 Å². The van der Waals surface area contributed by atoms with Crippen LogP contribution in [0.15, 0.2) is 24.4 Å². The van der Waals surface area contributed by atoms with Crippen molar-refractivity contribution in [2.24, 2.45) is 0 Å². The van der Waals surface area contributed by atoms with Crippen LogP contribution in [0.2, 0.25) is 0 Å². The Morgan fingerprint density at radius 2 is 2.15 bits per heavy atom. The van der Waals surface area contributed by atoms with E-state index in [0.29, 0.717) is 12.1 Å². The van der Waals surface area contributed by atoms with Gasteiger partial charge in [-0.3, -0.25) is 0 Å². The van der Waals surface area contributed by atoms with Crippen LogP contribution in [-0.4, -0.2) is 13.0 Å². The predicted octanol–water partition coefficient (Wildman–Crippen LogP) is 0.578. The molecule has 1 N–H and O–H groups in total. The van der Waals surface area contributed by atoms with Crippen LogP contribution in [0.4, 0.5) is 0 Å². The van der Waals surface area contributed by atoms with Gasteiger partial charge in [0.15, 0.2) is 6.20 Å². The second-order valence-electron chi connectivity index (χ2n) is 2.72. The molecule has 0 saturated heterocycles. The quantitative estimate of drug-likeness (QED) is 0.576. The van der Waals surface area contributed by atoms with E-state index >= 15 is 0 Å². The van der Waals surface area contributed by atoms with E-state index in [-0.39, 0.29) is 0 Å². The molecule has 0 saturated carbocycles. The molecule has 0 atom stereocenters. The number of aryl methyl sites for hydroxylation is 1. The molecule has 0 unspecified atom stereocenters. The maximum atomic E-state index is 10.8. The minimum atomic E-state index is -4.14. The summed E-state index contributed by atoms with van der Waals surface area (Å²) in [7, 11) is -4.14. The third-order valence-electron chi connectivity index (χ3n) is 1.66. The molecule has 5 heteroatoms. The van der Waals surface area contributed by atoms with Gasteiger partial charge in [0.2, 0.25) is 5.69 Å². The van der Waals surface area contributed by atoms with Crippen LogP contribution < -0.4 is 3.97 Å². The van der Waals surface area contributed by atoms with Gasteiger partial charge in [-0.2, -0.15) is 0 Å². The Hall–Kier alpha value is -0.940. The highest BCUT2D eigenvalue weighted by atomic mass is 32.2. The van der Waals surface area contributed by atoms with E-state index in [2.05, 4.69) is 0 Å². The second-order valence-corrected chi connectivity index (χ2v) is 4.00. The SMILES string of the molecule is CCCc1cccc[n+]1S(=O)(=O)O. The summed E-state index contributed by atoms with van der Waals surface area (Å²) in [6, 6.07) is 4.98. The van der Waals surface area contributed by atoms with E-state index in [1.165, 1.54) is 6.20 Å². The van der Waals surface area contributed by atoms with Gasteiger partial charge in [-0.15, -0.1) is 8.42 Å². The predicted molar refractivity (Wildman–Crippen MR) is 47.6 cm³/mol. The number of hydrogen-bond donors (Lipinski definition) is 1. The van der Waals surface area contributed by atoms with Crippen LogP contribution in [0.25, 0.3) is 0 Å². The zero-order valence-electron chi connectivity index (χ0n) is 7.34. The highest BCUT2D eigenvalue weighted by Crippen LogP contribution is 1.97. The van der Waals surface area contributed by atoms with Gasteiger partial charge in [-0.1, -0.05) is 17.0 Å². The van der Waals surface area contributed by atoms with Crippen molar-refractivity contribution >= 4 is 10.3 Å². The Morgan fingerprint density at radius 3 is 2.69 bits per heavy atom. The minimum Gasteiger partial charge on any atom is -0.233 e. The molecule has 1 rings (SSSR count). The molecule has 1 aromatic heterocycles. The first-order chi connectivity index (χ1) is 6.05. The van der Waals surface area contributed by atoms with Gasteiger partial charge in [0.1, 0.15) is 0 Å². The van der Waals surface area contributed by atoms with Crippen LogP contribution >= 0.6 is 0 Å². The molecule has 0 fully saturated rings. The lowest BCUT2D eigenvalue weighted by atomic mass is 10.2. The number of pyridine rings is 1. The molecule has 4 nitrogen and oxygen atoms in total. The Balaban J connectivity index is 3.20. The first-order valence-electron chi connectivity index (χ1n) is 4.03. The van der Waals surface area contributed by atoms with Gasteiger partial charge in [0, 0.05) is 18.6 Å². The maximum Gasteiger partial charge on any atom is 0.511 e. The molecule has 0 bridgehead atoms. The van der Waals surface area contributed by atoms with Crippen LogP contribution in [-0.2, 0) is 16.7 Å². The molecule has 72 valence electrons. The lowest BCUT2D eigenvalue weighted by Gasteiger charge is -1.96. The van der Waals surface area contributed by atoms with Crippen LogP contribution in [0, 0.1) is 0 Å². The zero-order chi connectivity index (χ0) is 9.90. The molecule has 0 amide bonds. The highest BCUT2D eigenvalue weighted by molar-refractivity contribution is 7.79. The highest BCUT2D eigenvalue weighted by Gasteiger charge is 2.21. The van der Waals surface area contributed by atoms with Crippen molar-refractivity contribution in [3.05, 3.63) is 30.1 Å².